The fourth-order valence-corrected chi connectivity index (χ4v) is 4.69. The van der Waals surface area contributed by atoms with Crippen LogP contribution in [-0.4, -0.2) is 79.2 Å². The Labute approximate surface area is 201 Å². The van der Waals surface area contributed by atoms with Gasteiger partial charge in [-0.2, -0.15) is 0 Å². The Hall–Kier alpha value is -3.13. The fraction of sp³-hybridized carbons (Fsp3) is 0.500. The molecule has 8 nitrogen and oxygen atoms in total. The number of likely N-dealkylation sites (tertiary alicyclic amines) is 1. The number of hydrogen-bond donors (Lipinski definition) is 1. The molecule has 0 saturated carbocycles. The second-order valence-electron chi connectivity index (χ2n) is 9.01. The third kappa shape index (κ3) is 6.47. The van der Waals surface area contributed by atoms with E-state index in [-0.39, 0.29) is 12.0 Å². The van der Waals surface area contributed by atoms with Crippen molar-refractivity contribution in [2.75, 3.05) is 57.3 Å². The molecule has 1 unspecified atom stereocenters. The van der Waals surface area contributed by atoms with E-state index in [1.54, 1.807) is 19.2 Å². The lowest BCUT2D eigenvalue weighted by Crippen LogP contribution is -2.53. The van der Waals surface area contributed by atoms with Crippen molar-refractivity contribution in [1.29, 1.82) is 0 Å². The standard InChI is InChI=1S/C26H35N5O3/c1-2-34-25(32)23-10-11-24(27-18-23)30-13-15-31(16-14-30)26(33)28-17-22-9-6-12-29(20-22)19-21-7-4-3-5-8-21/h3-5,7-8,10-11,18,22H,2,6,9,12-17,19-20H2,1H3,(H,28,33). The topological polar surface area (TPSA) is 78.0 Å². The predicted octanol–water partition coefficient (Wildman–Crippen LogP) is 3.00. The summed E-state index contributed by atoms with van der Waals surface area (Å²) in [6.45, 7) is 8.70. The van der Waals surface area contributed by atoms with Gasteiger partial charge < -0.3 is 19.9 Å². The highest BCUT2D eigenvalue weighted by molar-refractivity contribution is 5.89. The number of amides is 2. The normalized spacial score (nSPS) is 19.0. The zero-order chi connectivity index (χ0) is 23.8. The Morgan fingerprint density at radius 2 is 1.85 bits per heavy atom. The van der Waals surface area contributed by atoms with E-state index in [9.17, 15) is 9.59 Å². The number of esters is 1. The van der Waals surface area contributed by atoms with Crippen LogP contribution < -0.4 is 10.2 Å². The maximum atomic E-state index is 12.8. The third-order valence-electron chi connectivity index (χ3n) is 6.54. The molecule has 2 amide bonds. The SMILES string of the molecule is CCOC(=O)c1ccc(N2CCN(C(=O)NCC3CCCN(Cc4ccccc4)C3)CC2)nc1. The van der Waals surface area contributed by atoms with Gasteiger partial charge in [0.2, 0.25) is 0 Å². The number of carbonyl (C=O) groups excluding carboxylic acids is 2. The van der Waals surface area contributed by atoms with Crippen LogP contribution >= 0.6 is 0 Å². The molecule has 1 aromatic heterocycles. The minimum atomic E-state index is -0.357. The van der Waals surface area contributed by atoms with Crippen molar-refractivity contribution in [3.63, 3.8) is 0 Å². The molecule has 2 aliphatic rings. The van der Waals surface area contributed by atoms with Gasteiger partial charge in [-0.15, -0.1) is 0 Å². The van der Waals surface area contributed by atoms with Gasteiger partial charge in [-0.25, -0.2) is 14.6 Å². The molecule has 182 valence electrons. The number of anilines is 1. The van der Waals surface area contributed by atoms with Gasteiger partial charge in [0.05, 0.1) is 12.2 Å². The highest BCUT2D eigenvalue weighted by atomic mass is 16.5. The highest BCUT2D eigenvalue weighted by Crippen LogP contribution is 2.19. The molecule has 3 heterocycles. The second kappa shape index (κ2) is 11.8. The molecule has 2 aliphatic heterocycles. The van der Waals surface area contributed by atoms with E-state index in [2.05, 4.69) is 50.4 Å². The van der Waals surface area contributed by atoms with E-state index in [0.717, 1.165) is 38.4 Å². The number of benzene rings is 1. The summed E-state index contributed by atoms with van der Waals surface area (Å²) in [6.07, 6.45) is 3.89. The zero-order valence-electron chi connectivity index (χ0n) is 20.0. The maximum absolute atomic E-state index is 12.8. The minimum absolute atomic E-state index is 0.0189. The van der Waals surface area contributed by atoms with Gasteiger partial charge in [-0.3, -0.25) is 4.90 Å². The summed E-state index contributed by atoms with van der Waals surface area (Å²) in [7, 11) is 0. The number of piperidine rings is 1. The summed E-state index contributed by atoms with van der Waals surface area (Å²) >= 11 is 0. The molecule has 2 aromatic rings. The monoisotopic (exact) mass is 465 g/mol. The van der Waals surface area contributed by atoms with E-state index in [1.165, 1.54) is 12.0 Å². The van der Waals surface area contributed by atoms with Crippen molar-refractivity contribution in [3.05, 3.63) is 59.8 Å². The molecule has 2 saturated heterocycles. The van der Waals surface area contributed by atoms with E-state index < -0.39 is 0 Å². The van der Waals surface area contributed by atoms with Crippen LogP contribution in [-0.2, 0) is 11.3 Å². The first kappa shape index (κ1) is 24.0. The molecule has 1 N–H and O–H groups in total. The number of urea groups is 1. The molecule has 8 heteroatoms. The lowest BCUT2D eigenvalue weighted by atomic mass is 9.97. The zero-order valence-corrected chi connectivity index (χ0v) is 20.0. The van der Waals surface area contributed by atoms with Crippen molar-refractivity contribution in [2.24, 2.45) is 5.92 Å². The molecule has 1 atom stereocenters. The van der Waals surface area contributed by atoms with Crippen LogP contribution in [0, 0.1) is 5.92 Å². The van der Waals surface area contributed by atoms with Gasteiger partial charge in [-0.05, 0) is 49.9 Å². The lowest BCUT2D eigenvalue weighted by Gasteiger charge is -2.36. The molecule has 2 fully saturated rings. The number of ether oxygens (including phenoxy) is 1. The molecular formula is C26H35N5O3. The van der Waals surface area contributed by atoms with Crippen LogP contribution in [0.4, 0.5) is 10.6 Å². The molecule has 4 rings (SSSR count). The average molecular weight is 466 g/mol. The van der Waals surface area contributed by atoms with E-state index in [4.69, 9.17) is 4.74 Å². The number of nitrogens with zero attached hydrogens (tertiary/aromatic N) is 4. The van der Waals surface area contributed by atoms with Crippen LogP contribution in [0.15, 0.2) is 48.7 Å². The first-order valence-corrected chi connectivity index (χ1v) is 12.3. The Bertz CT molecular complexity index is 929. The van der Waals surface area contributed by atoms with Crippen LogP contribution in [0.2, 0.25) is 0 Å². The van der Waals surface area contributed by atoms with E-state index in [1.807, 2.05) is 11.0 Å². The smallest absolute Gasteiger partial charge is 0.339 e. The molecule has 0 aliphatic carbocycles. The number of rotatable bonds is 7. The Morgan fingerprint density at radius 1 is 1.06 bits per heavy atom. The van der Waals surface area contributed by atoms with Crippen molar-refractivity contribution >= 4 is 17.8 Å². The average Bonchev–Trinajstić information content (AvgIpc) is 2.88. The Balaban J connectivity index is 1.19. The lowest BCUT2D eigenvalue weighted by molar-refractivity contribution is 0.0526. The molecule has 34 heavy (non-hydrogen) atoms. The van der Waals surface area contributed by atoms with Crippen molar-refractivity contribution in [2.45, 2.75) is 26.3 Å². The van der Waals surface area contributed by atoms with Gasteiger partial charge in [-0.1, -0.05) is 30.3 Å². The van der Waals surface area contributed by atoms with Crippen molar-refractivity contribution < 1.29 is 14.3 Å². The van der Waals surface area contributed by atoms with Crippen LogP contribution in [0.3, 0.4) is 0 Å². The number of piperazine rings is 1. The van der Waals surface area contributed by atoms with Gasteiger partial charge in [0.25, 0.3) is 0 Å². The molecule has 0 bridgehead atoms. The largest absolute Gasteiger partial charge is 0.462 e. The van der Waals surface area contributed by atoms with E-state index >= 15 is 0 Å². The Morgan fingerprint density at radius 3 is 2.56 bits per heavy atom. The van der Waals surface area contributed by atoms with Gasteiger partial charge in [0.1, 0.15) is 5.82 Å². The highest BCUT2D eigenvalue weighted by Gasteiger charge is 2.24. The number of pyridine rings is 1. The fourth-order valence-electron chi connectivity index (χ4n) is 4.69. The van der Waals surface area contributed by atoms with Gasteiger partial charge >= 0.3 is 12.0 Å². The number of nitrogens with one attached hydrogen (secondary N) is 1. The summed E-state index contributed by atoms with van der Waals surface area (Å²) in [5, 5.41) is 3.17. The predicted molar refractivity (Wildman–Crippen MR) is 132 cm³/mol. The number of carbonyl (C=O) groups is 2. The second-order valence-corrected chi connectivity index (χ2v) is 9.01. The van der Waals surface area contributed by atoms with Gasteiger partial charge in [0.15, 0.2) is 0 Å². The number of aromatic nitrogens is 1. The summed E-state index contributed by atoms with van der Waals surface area (Å²) in [6, 6.07) is 14.2. The molecule has 0 radical (unpaired) electrons. The Kier molecular flexibility index (Phi) is 8.36. The molecule has 0 spiro atoms. The van der Waals surface area contributed by atoms with Crippen LogP contribution in [0.25, 0.3) is 0 Å². The van der Waals surface area contributed by atoms with Crippen LogP contribution in [0.5, 0.6) is 0 Å². The number of hydrogen-bond acceptors (Lipinski definition) is 6. The first-order chi connectivity index (χ1) is 16.6. The van der Waals surface area contributed by atoms with Crippen molar-refractivity contribution in [1.82, 2.24) is 20.1 Å². The summed E-state index contributed by atoms with van der Waals surface area (Å²) in [5.41, 5.74) is 1.80. The summed E-state index contributed by atoms with van der Waals surface area (Å²) in [5.74, 6) is 0.947. The quantitative estimate of drug-likeness (QED) is 0.634. The summed E-state index contributed by atoms with van der Waals surface area (Å²) in [4.78, 5) is 35.5. The summed E-state index contributed by atoms with van der Waals surface area (Å²) < 4.78 is 5.01. The van der Waals surface area contributed by atoms with Gasteiger partial charge in [0, 0.05) is 52.0 Å². The maximum Gasteiger partial charge on any atom is 0.339 e. The van der Waals surface area contributed by atoms with Crippen molar-refractivity contribution in [3.8, 4) is 0 Å². The minimum Gasteiger partial charge on any atom is -0.462 e. The van der Waals surface area contributed by atoms with E-state index in [0.29, 0.717) is 44.3 Å². The molecular weight excluding hydrogens is 430 g/mol. The molecule has 1 aromatic carbocycles. The van der Waals surface area contributed by atoms with Crippen LogP contribution in [0.1, 0.15) is 35.7 Å². The first-order valence-electron chi connectivity index (χ1n) is 12.3. The third-order valence-corrected chi connectivity index (χ3v) is 6.54.